The average Bonchev–Trinajstić information content (AvgIpc) is 3.37. The number of rotatable bonds is 5. The molecule has 2 atom stereocenters. The number of hydrogen-bond acceptors (Lipinski definition) is 2. The fourth-order valence-corrected chi connectivity index (χ4v) is 3.16. The second-order valence-electron chi connectivity index (χ2n) is 6.53. The van der Waals surface area contributed by atoms with Crippen molar-refractivity contribution in [1.29, 1.82) is 0 Å². The quantitative estimate of drug-likeness (QED) is 0.878. The van der Waals surface area contributed by atoms with Crippen molar-refractivity contribution in [2.75, 3.05) is 12.4 Å². The van der Waals surface area contributed by atoms with Gasteiger partial charge in [0.2, 0.25) is 11.8 Å². The normalized spacial score (nSPS) is 18.5. The molecule has 5 heteroatoms. The largest absolute Gasteiger partial charge is 0.342 e. The molecule has 4 nitrogen and oxygen atoms in total. The van der Waals surface area contributed by atoms with Gasteiger partial charge < -0.3 is 10.2 Å². The van der Waals surface area contributed by atoms with Gasteiger partial charge in [-0.3, -0.25) is 9.59 Å². The lowest BCUT2D eigenvalue weighted by atomic mass is 10.1. The van der Waals surface area contributed by atoms with Crippen molar-refractivity contribution in [3.8, 4) is 0 Å². The maximum Gasteiger partial charge on any atom is 0.228 e. The molecule has 1 aliphatic rings. The highest BCUT2D eigenvalue weighted by Crippen LogP contribution is 2.48. The number of halogens is 1. The number of carbonyl (C=O) groups is 2. The fourth-order valence-electron chi connectivity index (χ4n) is 2.96. The lowest BCUT2D eigenvalue weighted by molar-refractivity contribution is -0.128. The summed E-state index contributed by atoms with van der Waals surface area (Å²) in [7, 11) is 1.75. The molecule has 2 aromatic rings. The molecule has 0 bridgehead atoms. The van der Waals surface area contributed by atoms with Crippen LogP contribution in [0.3, 0.4) is 0 Å². The van der Waals surface area contributed by atoms with Crippen molar-refractivity contribution in [3.63, 3.8) is 0 Å². The Balaban J connectivity index is 1.67. The van der Waals surface area contributed by atoms with Crippen molar-refractivity contribution >= 4 is 29.1 Å². The van der Waals surface area contributed by atoms with Crippen molar-refractivity contribution in [1.82, 2.24) is 4.90 Å². The highest BCUT2D eigenvalue weighted by molar-refractivity contribution is 6.30. The molecule has 2 aromatic carbocycles. The Morgan fingerprint density at radius 2 is 1.96 bits per heavy atom. The van der Waals surface area contributed by atoms with E-state index in [9.17, 15) is 9.59 Å². The van der Waals surface area contributed by atoms with Gasteiger partial charge >= 0.3 is 0 Å². The number of hydrogen-bond donors (Lipinski definition) is 1. The summed E-state index contributed by atoms with van der Waals surface area (Å²) in [6.07, 6.45) is 0.835. The van der Waals surface area contributed by atoms with Gasteiger partial charge in [-0.05, 0) is 41.7 Å². The standard InChI is InChI=1S/C20H21ClN2O2/c1-13(24)23(2)12-15-6-3-4-9-19(15)22-20(25)18-11-17(18)14-7-5-8-16(21)10-14/h3-10,17-18H,11-12H2,1-2H3,(H,22,25). The van der Waals surface area contributed by atoms with Crippen LogP contribution in [0.5, 0.6) is 0 Å². The highest BCUT2D eigenvalue weighted by atomic mass is 35.5. The van der Waals surface area contributed by atoms with E-state index >= 15 is 0 Å². The average molecular weight is 357 g/mol. The fraction of sp³-hybridized carbons (Fsp3) is 0.300. The number of nitrogens with zero attached hydrogens (tertiary/aromatic N) is 1. The Bertz CT molecular complexity index is 806. The van der Waals surface area contributed by atoms with E-state index in [-0.39, 0.29) is 23.7 Å². The van der Waals surface area contributed by atoms with Gasteiger partial charge in [0, 0.05) is 37.1 Å². The summed E-state index contributed by atoms with van der Waals surface area (Å²) in [5, 5.41) is 3.72. The zero-order chi connectivity index (χ0) is 18.0. The summed E-state index contributed by atoms with van der Waals surface area (Å²) >= 11 is 6.04. The molecule has 1 N–H and O–H groups in total. The van der Waals surface area contributed by atoms with Crippen LogP contribution < -0.4 is 5.32 Å². The maximum absolute atomic E-state index is 12.6. The number of nitrogens with one attached hydrogen (secondary N) is 1. The predicted molar refractivity (Wildman–Crippen MR) is 99.5 cm³/mol. The SMILES string of the molecule is CC(=O)N(C)Cc1ccccc1NC(=O)C1CC1c1cccc(Cl)c1. The van der Waals surface area contributed by atoms with Gasteiger partial charge in [0.1, 0.15) is 0 Å². The smallest absolute Gasteiger partial charge is 0.228 e. The molecule has 0 heterocycles. The minimum Gasteiger partial charge on any atom is -0.342 e. The Morgan fingerprint density at radius 1 is 1.20 bits per heavy atom. The Kier molecular flexibility index (Phi) is 5.09. The Labute approximate surface area is 152 Å². The van der Waals surface area contributed by atoms with E-state index in [1.54, 1.807) is 11.9 Å². The minimum atomic E-state index is -0.0305. The van der Waals surface area contributed by atoms with Gasteiger partial charge in [0.25, 0.3) is 0 Å². The first-order valence-electron chi connectivity index (χ1n) is 8.31. The summed E-state index contributed by atoms with van der Waals surface area (Å²) in [5.74, 6) is 0.204. The van der Waals surface area contributed by atoms with Crippen molar-refractivity contribution in [2.45, 2.75) is 25.8 Å². The van der Waals surface area contributed by atoms with Crippen molar-refractivity contribution in [3.05, 3.63) is 64.7 Å². The summed E-state index contributed by atoms with van der Waals surface area (Å²) in [4.78, 5) is 25.7. The highest BCUT2D eigenvalue weighted by Gasteiger charge is 2.44. The molecule has 0 radical (unpaired) electrons. The summed E-state index contributed by atoms with van der Waals surface area (Å²) in [5.41, 5.74) is 2.79. The molecule has 3 rings (SSSR count). The van der Waals surface area contributed by atoms with Crippen molar-refractivity contribution < 1.29 is 9.59 Å². The first-order chi connectivity index (χ1) is 12.0. The van der Waals surface area contributed by atoms with Crippen LogP contribution >= 0.6 is 11.6 Å². The van der Waals surface area contributed by atoms with Gasteiger partial charge in [-0.1, -0.05) is 41.9 Å². The molecular formula is C20H21ClN2O2. The molecule has 130 valence electrons. The monoisotopic (exact) mass is 356 g/mol. The van der Waals surface area contributed by atoms with E-state index in [1.807, 2.05) is 48.5 Å². The van der Waals surface area contributed by atoms with Crippen molar-refractivity contribution in [2.24, 2.45) is 5.92 Å². The third-order valence-electron chi connectivity index (χ3n) is 4.62. The number of para-hydroxylation sites is 1. The van der Waals surface area contributed by atoms with E-state index < -0.39 is 0 Å². The van der Waals surface area contributed by atoms with Crippen LogP contribution in [0.15, 0.2) is 48.5 Å². The van der Waals surface area contributed by atoms with E-state index in [4.69, 9.17) is 11.6 Å². The molecule has 0 spiro atoms. The Morgan fingerprint density at radius 3 is 2.68 bits per heavy atom. The van der Waals surface area contributed by atoms with E-state index in [1.165, 1.54) is 6.92 Å². The van der Waals surface area contributed by atoms with Crippen LogP contribution in [0.1, 0.15) is 30.4 Å². The van der Waals surface area contributed by atoms with Crippen LogP contribution in [0.2, 0.25) is 5.02 Å². The lowest BCUT2D eigenvalue weighted by Crippen LogP contribution is -2.24. The molecule has 1 saturated carbocycles. The summed E-state index contributed by atoms with van der Waals surface area (Å²) < 4.78 is 0. The molecular weight excluding hydrogens is 336 g/mol. The van der Waals surface area contributed by atoms with E-state index in [0.29, 0.717) is 11.6 Å². The van der Waals surface area contributed by atoms with Crippen LogP contribution in [0.25, 0.3) is 0 Å². The third kappa shape index (κ3) is 4.20. The van der Waals surface area contributed by atoms with Gasteiger partial charge in [0.15, 0.2) is 0 Å². The van der Waals surface area contributed by atoms with Gasteiger partial charge in [-0.25, -0.2) is 0 Å². The molecule has 25 heavy (non-hydrogen) atoms. The van der Waals surface area contributed by atoms with Gasteiger partial charge in [-0.2, -0.15) is 0 Å². The molecule has 0 aliphatic heterocycles. The molecule has 1 aliphatic carbocycles. The van der Waals surface area contributed by atoms with Gasteiger partial charge in [-0.15, -0.1) is 0 Å². The first kappa shape index (κ1) is 17.5. The lowest BCUT2D eigenvalue weighted by Gasteiger charge is -2.18. The Hall–Kier alpha value is -2.33. The zero-order valence-corrected chi connectivity index (χ0v) is 15.1. The molecule has 0 saturated heterocycles. The van der Waals surface area contributed by atoms with Crippen LogP contribution in [0.4, 0.5) is 5.69 Å². The number of anilines is 1. The second-order valence-corrected chi connectivity index (χ2v) is 6.96. The summed E-state index contributed by atoms with van der Waals surface area (Å²) in [6, 6.07) is 15.3. The second kappa shape index (κ2) is 7.28. The van der Waals surface area contributed by atoms with E-state index in [2.05, 4.69) is 5.32 Å². The van der Waals surface area contributed by atoms with Gasteiger partial charge in [0.05, 0.1) is 0 Å². The predicted octanol–water partition coefficient (Wildman–Crippen LogP) is 4.06. The molecule has 2 amide bonds. The maximum atomic E-state index is 12.6. The van der Waals surface area contributed by atoms with Crippen LogP contribution in [-0.4, -0.2) is 23.8 Å². The zero-order valence-electron chi connectivity index (χ0n) is 14.3. The molecule has 1 fully saturated rings. The first-order valence-corrected chi connectivity index (χ1v) is 8.69. The molecule has 0 aromatic heterocycles. The van der Waals surface area contributed by atoms with Crippen LogP contribution in [-0.2, 0) is 16.1 Å². The topological polar surface area (TPSA) is 49.4 Å². The number of carbonyl (C=O) groups excluding carboxylic acids is 2. The third-order valence-corrected chi connectivity index (χ3v) is 4.86. The minimum absolute atomic E-state index is 0.00987. The molecule has 2 unspecified atom stereocenters. The summed E-state index contributed by atoms with van der Waals surface area (Å²) in [6.45, 7) is 2.00. The van der Waals surface area contributed by atoms with Crippen LogP contribution in [0, 0.1) is 5.92 Å². The number of amides is 2. The van der Waals surface area contributed by atoms with E-state index in [0.717, 1.165) is 23.2 Å². The number of benzene rings is 2.